The molecular formula is C32H33N5O4. The number of rotatable bonds is 7. The second kappa shape index (κ2) is 11.1. The van der Waals surface area contributed by atoms with Crippen molar-refractivity contribution in [2.24, 2.45) is 0 Å². The van der Waals surface area contributed by atoms with Crippen LogP contribution in [0.1, 0.15) is 59.8 Å². The van der Waals surface area contributed by atoms with Crippen molar-refractivity contribution in [1.29, 1.82) is 0 Å². The van der Waals surface area contributed by atoms with Crippen LogP contribution in [0.25, 0.3) is 33.5 Å². The van der Waals surface area contributed by atoms with Gasteiger partial charge in [0.2, 0.25) is 0 Å². The second-order valence-electron chi connectivity index (χ2n) is 10.7. The summed E-state index contributed by atoms with van der Waals surface area (Å²) in [5.74, 6) is -0.0143. The third-order valence-corrected chi connectivity index (χ3v) is 8.09. The molecule has 5 aromatic rings. The predicted molar refractivity (Wildman–Crippen MR) is 157 cm³/mol. The van der Waals surface area contributed by atoms with E-state index in [1.165, 1.54) is 26.4 Å². The molecule has 1 atom stereocenters. The number of phenolic OH excluding ortho intramolecular Hbond substituents is 1. The highest BCUT2D eigenvalue weighted by Gasteiger charge is 2.27. The topological polar surface area (TPSA) is 122 Å². The average molecular weight is 552 g/mol. The number of carbonyl (C=O) groups is 2. The molecule has 3 aromatic heterocycles. The van der Waals surface area contributed by atoms with Gasteiger partial charge in [-0.1, -0.05) is 25.3 Å². The molecule has 2 aromatic carbocycles. The lowest BCUT2D eigenvalue weighted by Crippen LogP contribution is -2.43. The Hall–Kier alpha value is -4.66. The van der Waals surface area contributed by atoms with Gasteiger partial charge < -0.3 is 24.7 Å². The van der Waals surface area contributed by atoms with Crippen LogP contribution < -0.4 is 5.32 Å². The van der Waals surface area contributed by atoms with Gasteiger partial charge in [-0.25, -0.2) is 9.78 Å². The molecule has 0 bridgehead atoms. The van der Waals surface area contributed by atoms with Gasteiger partial charge in [-0.15, -0.1) is 0 Å². The SMILES string of the molecule is COC(=O)[C@H](Cc1c(C)[nH]c2ccc(O)cc12)NC(=O)c1ccc2c(c1)nc(-c1ccccn1)n2C1CCCCC1. The van der Waals surface area contributed by atoms with Gasteiger partial charge in [-0.3, -0.25) is 9.78 Å². The summed E-state index contributed by atoms with van der Waals surface area (Å²) in [6.07, 6.45) is 7.73. The Labute approximate surface area is 237 Å². The molecule has 0 saturated heterocycles. The number of amides is 1. The maximum atomic E-state index is 13.5. The largest absolute Gasteiger partial charge is 0.508 e. The van der Waals surface area contributed by atoms with E-state index < -0.39 is 17.9 Å². The number of hydrogen-bond donors (Lipinski definition) is 3. The van der Waals surface area contributed by atoms with Gasteiger partial charge >= 0.3 is 5.97 Å². The first-order valence-corrected chi connectivity index (χ1v) is 14.0. The Morgan fingerprint density at radius 1 is 1.12 bits per heavy atom. The van der Waals surface area contributed by atoms with Gasteiger partial charge in [-0.2, -0.15) is 0 Å². The zero-order chi connectivity index (χ0) is 28.5. The number of aromatic hydroxyl groups is 1. The van der Waals surface area contributed by atoms with E-state index in [4.69, 9.17) is 9.72 Å². The number of carbonyl (C=O) groups excluding carboxylic acids is 2. The van der Waals surface area contributed by atoms with Crippen LogP contribution in [0.2, 0.25) is 0 Å². The van der Waals surface area contributed by atoms with E-state index in [-0.39, 0.29) is 12.2 Å². The lowest BCUT2D eigenvalue weighted by molar-refractivity contribution is -0.142. The number of hydrogen-bond acceptors (Lipinski definition) is 6. The molecule has 210 valence electrons. The zero-order valence-corrected chi connectivity index (χ0v) is 23.2. The number of aromatic nitrogens is 4. The van der Waals surface area contributed by atoms with Crippen LogP contribution in [0, 0.1) is 6.92 Å². The number of imidazole rings is 1. The van der Waals surface area contributed by atoms with Gasteiger partial charge in [0.25, 0.3) is 5.91 Å². The molecule has 1 aliphatic carbocycles. The summed E-state index contributed by atoms with van der Waals surface area (Å²) < 4.78 is 7.33. The van der Waals surface area contributed by atoms with Gasteiger partial charge in [0, 0.05) is 40.8 Å². The number of aryl methyl sites for hydroxylation is 1. The Bertz CT molecular complexity index is 1730. The summed E-state index contributed by atoms with van der Waals surface area (Å²) in [5.41, 5.74) is 5.40. The van der Waals surface area contributed by atoms with Crippen molar-refractivity contribution in [2.45, 2.75) is 57.5 Å². The molecule has 1 amide bonds. The van der Waals surface area contributed by atoms with Crippen LogP contribution >= 0.6 is 0 Å². The van der Waals surface area contributed by atoms with Crippen molar-refractivity contribution in [3.05, 3.63) is 77.6 Å². The normalized spacial score (nSPS) is 14.8. The third-order valence-electron chi connectivity index (χ3n) is 8.09. The predicted octanol–water partition coefficient (Wildman–Crippen LogP) is 5.61. The van der Waals surface area contributed by atoms with Gasteiger partial charge in [0.15, 0.2) is 5.82 Å². The molecule has 9 heteroatoms. The fraction of sp³-hybridized carbons (Fsp3) is 0.312. The summed E-state index contributed by atoms with van der Waals surface area (Å²) in [7, 11) is 1.30. The Morgan fingerprint density at radius 2 is 1.95 bits per heavy atom. The van der Waals surface area contributed by atoms with Crippen molar-refractivity contribution in [2.75, 3.05) is 7.11 Å². The number of nitrogens with one attached hydrogen (secondary N) is 2. The van der Waals surface area contributed by atoms with E-state index in [9.17, 15) is 14.7 Å². The number of ether oxygens (including phenoxy) is 1. The highest BCUT2D eigenvalue weighted by molar-refractivity contribution is 6.00. The standard InChI is InChI=1S/C32H33N5O4/c1-19-23(24-17-22(38)12-13-25(24)34-19)18-28(32(40)41-2)36-31(39)20-11-14-29-27(16-20)35-30(26-10-6-7-15-33-26)37(29)21-8-4-3-5-9-21/h6-7,10-17,21,28,34,38H,3-5,8-9,18H2,1-2H3,(H,36,39)/t28-/m0/s1. The van der Waals surface area contributed by atoms with Crippen molar-refractivity contribution in [3.63, 3.8) is 0 Å². The first kappa shape index (κ1) is 26.6. The summed E-state index contributed by atoms with van der Waals surface area (Å²) in [4.78, 5) is 39.1. The number of pyridine rings is 1. The second-order valence-corrected chi connectivity index (χ2v) is 10.7. The molecule has 1 aliphatic rings. The number of methoxy groups -OCH3 is 1. The quantitative estimate of drug-likeness (QED) is 0.226. The Balaban J connectivity index is 1.32. The first-order chi connectivity index (χ1) is 19.9. The number of esters is 1. The fourth-order valence-electron chi connectivity index (χ4n) is 6.04. The smallest absolute Gasteiger partial charge is 0.328 e. The summed E-state index contributed by atoms with van der Waals surface area (Å²) in [6.45, 7) is 1.90. The van der Waals surface area contributed by atoms with Crippen LogP contribution in [0.4, 0.5) is 0 Å². The minimum absolute atomic E-state index is 0.127. The van der Waals surface area contributed by atoms with Crippen LogP contribution in [-0.4, -0.2) is 49.7 Å². The molecule has 6 rings (SSSR count). The number of phenols is 1. The number of fused-ring (bicyclic) bond motifs is 2. The maximum absolute atomic E-state index is 13.5. The monoisotopic (exact) mass is 551 g/mol. The van der Waals surface area contributed by atoms with Gasteiger partial charge in [0.05, 0.1) is 18.1 Å². The molecule has 0 radical (unpaired) electrons. The van der Waals surface area contributed by atoms with Crippen LogP contribution in [-0.2, 0) is 16.0 Å². The Kier molecular flexibility index (Phi) is 7.17. The number of H-pyrrole nitrogens is 1. The molecule has 41 heavy (non-hydrogen) atoms. The lowest BCUT2D eigenvalue weighted by Gasteiger charge is -2.25. The highest BCUT2D eigenvalue weighted by Crippen LogP contribution is 2.35. The molecule has 3 N–H and O–H groups in total. The molecule has 0 unspecified atom stereocenters. The number of aromatic amines is 1. The van der Waals surface area contributed by atoms with Crippen LogP contribution in [0.15, 0.2) is 60.8 Å². The first-order valence-electron chi connectivity index (χ1n) is 14.0. The molecule has 1 fully saturated rings. The van der Waals surface area contributed by atoms with E-state index in [1.54, 1.807) is 36.5 Å². The molecular weight excluding hydrogens is 518 g/mol. The highest BCUT2D eigenvalue weighted by atomic mass is 16.5. The summed E-state index contributed by atoms with van der Waals surface area (Å²) in [6, 6.07) is 15.7. The third kappa shape index (κ3) is 5.15. The van der Waals surface area contributed by atoms with Crippen LogP contribution in [0.5, 0.6) is 5.75 Å². The summed E-state index contributed by atoms with van der Waals surface area (Å²) in [5, 5.41) is 13.7. The molecule has 0 aliphatic heterocycles. The number of benzene rings is 2. The minimum atomic E-state index is -0.924. The van der Waals surface area contributed by atoms with Crippen LogP contribution in [0.3, 0.4) is 0 Å². The van der Waals surface area contributed by atoms with Gasteiger partial charge in [0.1, 0.15) is 17.5 Å². The van der Waals surface area contributed by atoms with Crippen molar-refractivity contribution in [1.82, 2.24) is 24.8 Å². The Morgan fingerprint density at radius 3 is 2.71 bits per heavy atom. The van der Waals surface area contributed by atoms with E-state index in [0.717, 1.165) is 52.0 Å². The lowest BCUT2D eigenvalue weighted by atomic mass is 9.95. The van der Waals surface area contributed by atoms with Gasteiger partial charge in [-0.05, 0) is 73.9 Å². The van der Waals surface area contributed by atoms with Crippen molar-refractivity contribution >= 4 is 33.8 Å². The van der Waals surface area contributed by atoms with Crippen molar-refractivity contribution in [3.8, 4) is 17.3 Å². The van der Waals surface area contributed by atoms with E-state index in [2.05, 4.69) is 19.9 Å². The molecule has 1 saturated carbocycles. The van der Waals surface area contributed by atoms with E-state index in [0.29, 0.717) is 17.1 Å². The van der Waals surface area contributed by atoms with E-state index in [1.807, 2.05) is 31.2 Å². The molecule has 3 heterocycles. The van der Waals surface area contributed by atoms with Crippen molar-refractivity contribution < 1.29 is 19.4 Å². The maximum Gasteiger partial charge on any atom is 0.328 e. The zero-order valence-electron chi connectivity index (χ0n) is 23.2. The van der Waals surface area contributed by atoms with E-state index >= 15 is 0 Å². The molecule has 0 spiro atoms. The number of nitrogens with zero attached hydrogens (tertiary/aromatic N) is 3. The molecule has 9 nitrogen and oxygen atoms in total. The average Bonchev–Trinajstić information content (AvgIpc) is 3.53. The summed E-state index contributed by atoms with van der Waals surface area (Å²) >= 11 is 0. The fourth-order valence-corrected chi connectivity index (χ4v) is 6.04. The minimum Gasteiger partial charge on any atom is -0.508 e.